The van der Waals surface area contributed by atoms with Gasteiger partial charge in [-0.05, 0) is 31.0 Å². The standard InChI is InChI=1S/C16H18BrN3O2S/c1-10-14(15(18)21)23-16(19-10)20-5-6-22-9-13(20)8-11-3-2-4-12(17)7-11/h2-4,7,13H,5-6,8-9H2,1H3,(H2,18,21)/t13-/m0/s1. The molecular weight excluding hydrogens is 378 g/mol. The summed E-state index contributed by atoms with van der Waals surface area (Å²) in [5.74, 6) is -0.414. The number of hydrogen-bond acceptors (Lipinski definition) is 5. The van der Waals surface area contributed by atoms with Gasteiger partial charge in [0.25, 0.3) is 5.91 Å². The topological polar surface area (TPSA) is 68.5 Å². The third kappa shape index (κ3) is 3.73. The normalized spacial score (nSPS) is 18.2. The Morgan fingerprint density at radius 2 is 2.39 bits per heavy atom. The van der Waals surface area contributed by atoms with E-state index in [0.717, 1.165) is 22.6 Å². The summed E-state index contributed by atoms with van der Waals surface area (Å²) in [7, 11) is 0. The fourth-order valence-corrected chi connectivity index (χ4v) is 4.21. The summed E-state index contributed by atoms with van der Waals surface area (Å²) in [6.45, 7) is 3.91. The minimum Gasteiger partial charge on any atom is -0.377 e. The number of amides is 1. The van der Waals surface area contributed by atoms with Gasteiger partial charge < -0.3 is 15.4 Å². The summed E-state index contributed by atoms with van der Waals surface area (Å²) in [6, 6.07) is 8.48. The number of anilines is 1. The van der Waals surface area contributed by atoms with Crippen molar-refractivity contribution in [2.75, 3.05) is 24.7 Å². The second kappa shape index (κ2) is 6.98. The van der Waals surface area contributed by atoms with E-state index in [-0.39, 0.29) is 6.04 Å². The van der Waals surface area contributed by atoms with Gasteiger partial charge in [0.1, 0.15) is 4.88 Å². The summed E-state index contributed by atoms with van der Waals surface area (Å²) < 4.78 is 6.72. The molecule has 0 radical (unpaired) electrons. The molecule has 0 bridgehead atoms. The van der Waals surface area contributed by atoms with Gasteiger partial charge in [0.2, 0.25) is 0 Å². The van der Waals surface area contributed by atoms with Crippen molar-refractivity contribution >= 4 is 38.3 Å². The first kappa shape index (κ1) is 16.4. The smallest absolute Gasteiger partial charge is 0.260 e. The van der Waals surface area contributed by atoms with E-state index in [2.05, 4.69) is 37.9 Å². The maximum atomic E-state index is 11.5. The number of primary amides is 1. The molecule has 0 aliphatic carbocycles. The summed E-state index contributed by atoms with van der Waals surface area (Å²) in [5.41, 5.74) is 7.35. The highest BCUT2D eigenvalue weighted by Gasteiger charge is 2.27. The van der Waals surface area contributed by atoms with Crippen LogP contribution in [0.2, 0.25) is 0 Å². The molecule has 1 amide bonds. The number of aryl methyl sites for hydroxylation is 1. The first-order valence-corrected chi connectivity index (χ1v) is 9.01. The molecule has 5 nitrogen and oxygen atoms in total. The summed E-state index contributed by atoms with van der Waals surface area (Å²) >= 11 is 4.88. The Hall–Kier alpha value is -1.44. The van der Waals surface area contributed by atoms with Gasteiger partial charge in [-0.15, -0.1) is 0 Å². The van der Waals surface area contributed by atoms with E-state index < -0.39 is 5.91 Å². The number of hydrogen-bond donors (Lipinski definition) is 1. The zero-order chi connectivity index (χ0) is 16.4. The average molecular weight is 396 g/mol. The molecule has 1 atom stereocenters. The lowest BCUT2D eigenvalue weighted by atomic mass is 10.0. The van der Waals surface area contributed by atoms with Crippen molar-refractivity contribution in [3.8, 4) is 0 Å². The van der Waals surface area contributed by atoms with E-state index in [1.54, 1.807) is 0 Å². The Labute approximate surface area is 147 Å². The Bertz CT molecular complexity index is 719. The number of aromatic nitrogens is 1. The van der Waals surface area contributed by atoms with Crippen molar-refractivity contribution in [2.24, 2.45) is 5.73 Å². The van der Waals surface area contributed by atoms with Gasteiger partial charge in [-0.1, -0.05) is 39.4 Å². The number of halogens is 1. The zero-order valence-electron chi connectivity index (χ0n) is 12.8. The highest BCUT2D eigenvalue weighted by molar-refractivity contribution is 9.10. The molecular formula is C16H18BrN3O2S. The minimum absolute atomic E-state index is 0.198. The SMILES string of the molecule is Cc1nc(N2CCOC[C@@H]2Cc2cccc(Br)c2)sc1C(N)=O. The number of nitrogens with zero attached hydrogens (tertiary/aromatic N) is 2. The molecule has 2 aromatic rings. The van der Waals surface area contributed by atoms with Gasteiger partial charge >= 0.3 is 0 Å². The first-order chi connectivity index (χ1) is 11.0. The molecule has 1 fully saturated rings. The monoisotopic (exact) mass is 395 g/mol. The second-order valence-corrected chi connectivity index (χ2v) is 7.42. The molecule has 23 heavy (non-hydrogen) atoms. The quantitative estimate of drug-likeness (QED) is 0.863. The number of carbonyl (C=O) groups excluding carboxylic acids is 1. The summed E-state index contributed by atoms with van der Waals surface area (Å²) in [4.78, 5) is 18.8. The molecule has 2 N–H and O–H groups in total. The third-order valence-electron chi connectivity index (χ3n) is 3.84. The largest absolute Gasteiger partial charge is 0.377 e. The lowest BCUT2D eigenvalue weighted by molar-refractivity contribution is 0.0940. The van der Waals surface area contributed by atoms with Crippen molar-refractivity contribution in [2.45, 2.75) is 19.4 Å². The van der Waals surface area contributed by atoms with Crippen LogP contribution in [0.1, 0.15) is 20.9 Å². The number of ether oxygens (including phenoxy) is 1. The molecule has 3 rings (SSSR count). The number of benzene rings is 1. The van der Waals surface area contributed by atoms with Gasteiger partial charge in [-0.25, -0.2) is 4.98 Å². The predicted molar refractivity (Wildman–Crippen MR) is 95.2 cm³/mol. The van der Waals surface area contributed by atoms with Crippen LogP contribution in [0.4, 0.5) is 5.13 Å². The van der Waals surface area contributed by atoms with E-state index in [1.165, 1.54) is 16.9 Å². The van der Waals surface area contributed by atoms with Crippen LogP contribution in [0.3, 0.4) is 0 Å². The number of morpholine rings is 1. The molecule has 122 valence electrons. The van der Waals surface area contributed by atoms with E-state index in [9.17, 15) is 4.79 Å². The van der Waals surface area contributed by atoms with Gasteiger partial charge in [-0.2, -0.15) is 0 Å². The van der Waals surface area contributed by atoms with Crippen LogP contribution < -0.4 is 10.6 Å². The first-order valence-electron chi connectivity index (χ1n) is 7.40. The third-order valence-corrected chi connectivity index (χ3v) is 5.55. The van der Waals surface area contributed by atoms with E-state index >= 15 is 0 Å². The van der Waals surface area contributed by atoms with Crippen molar-refractivity contribution in [1.29, 1.82) is 0 Å². The maximum absolute atomic E-state index is 11.5. The maximum Gasteiger partial charge on any atom is 0.260 e. The van der Waals surface area contributed by atoms with Crippen LogP contribution in [0.15, 0.2) is 28.7 Å². The lowest BCUT2D eigenvalue weighted by Gasteiger charge is -2.35. The molecule has 1 aromatic carbocycles. The van der Waals surface area contributed by atoms with Crippen LogP contribution >= 0.6 is 27.3 Å². The van der Waals surface area contributed by atoms with Crippen LogP contribution in [0.25, 0.3) is 0 Å². The minimum atomic E-state index is -0.414. The Morgan fingerprint density at radius 1 is 1.57 bits per heavy atom. The molecule has 0 spiro atoms. The number of rotatable bonds is 4. The molecule has 1 aliphatic heterocycles. The Balaban J connectivity index is 1.84. The summed E-state index contributed by atoms with van der Waals surface area (Å²) in [6.07, 6.45) is 0.865. The molecule has 1 saturated heterocycles. The van der Waals surface area contributed by atoms with E-state index in [0.29, 0.717) is 23.8 Å². The predicted octanol–water partition coefficient (Wildman–Crippen LogP) is 2.76. The second-order valence-electron chi connectivity index (χ2n) is 5.53. The number of thiazole rings is 1. The van der Waals surface area contributed by atoms with Gasteiger partial charge in [-0.3, -0.25) is 4.79 Å². The zero-order valence-corrected chi connectivity index (χ0v) is 15.2. The molecule has 2 heterocycles. The van der Waals surface area contributed by atoms with Crippen molar-refractivity contribution < 1.29 is 9.53 Å². The molecule has 1 aromatic heterocycles. The van der Waals surface area contributed by atoms with Gasteiger partial charge in [0.15, 0.2) is 5.13 Å². The molecule has 1 aliphatic rings. The highest BCUT2D eigenvalue weighted by atomic mass is 79.9. The van der Waals surface area contributed by atoms with Crippen molar-refractivity contribution in [3.63, 3.8) is 0 Å². The average Bonchev–Trinajstić information content (AvgIpc) is 2.90. The Kier molecular flexibility index (Phi) is 4.99. The fraction of sp³-hybridized carbons (Fsp3) is 0.375. The van der Waals surface area contributed by atoms with Gasteiger partial charge in [0.05, 0.1) is 24.9 Å². The Morgan fingerprint density at radius 3 is 3.09 bits per heavy atom. The van der Waals surface area contributed by atoms with E-state index in [1.807, 2.05) is 19.1 Å². The molecule has 0 unspecified atom stereocenters. The van der Waals surface area contributed by atoms with Crippen LogP contribution in [0, 0.1) is 6.92 Å². The van der Waals surface area contributed by atoms with Crippen LogP contribution in [-0.2, 0) is 11.2 Å². The van der Waals surface area contributed by atoms with Crippen molar-refractivity contribution in [1.82, 2.24) is 4.98 Å². The fourth-order valence-electron chi connectivity index (χ4n) is 2.75. The van der Waals surface area contributed by atoms with Crippen LogP contribution in [-0.4, -0.2) is 36.7 Å². The number of carbonyl (C=O) groups is 1. The van der Waals surface area contributed by atoms with E-state index in [4.69, 9.17) is 10.5 Å². The summed E-state index contributed by atoms with van der Waals surface area (Å²) in [5, 5.41) is 0.847. The lowest BCUT2D eigenvalue weighted by Crippen LogP contribution is -2.46. The highest BCUT2D eigenvalue weighted by Crippen LogP contribution is 2.29. The molecule has 0 saturated carbocycles. The van der Waals surface area contributed by atoms with Gasteiger partial charge in [0, 0.05) is 11.0 Å². The van der Waals surface area contributed by atoms with Crippen LogP contribution in [0.5, 0.6) is 0 Å². The molecule has 7 heteroatoms. The van der Waals surface area contributed by atoms with Crippen molar-refractivity contribution in [3.05, 3.63) is 44.9 Å². The number of nitrogens with two attached hydrogens (primary N) is 1.